The fourth-order valence-corrected chi connectivity index (χ4v) is 1.90. The van der Waals surface area contributed by atoms with Crippen molar-refractivity contribution in [3.63, 3.8) is 0 Å². The summed E-state index contributed by atoms with van der Waals surface area (Å²) in [6.07, 6.45) is 2.05. The number of rotatable bonds is 1. The maximum atomic E-state index is 12.5. The molecule has 24 heavy (non-hydrogen) atoms. The molecule has 138 valence electrons. The molecule has 6 N–H and O–H groups in total. The van der Waals surface area contributed by atoms with E-state index in [0.717, 1.165) is 25.9 Å². The molecule has 0 saturated carbocycles. The monoisotopic (exact) mass is 345 g/mol. The van der Waals surface area contributed by atoms with Crippen LogP contribution >= 0.6 is 0 Å². The molecule has 7 nitrogen and oxygen atoms in total. The smallest absolute Gasteiger partial charge is 0.410 e. The van der Waals surface area contributed by atoms with Crippen molar-refractivity contribution in [1.82, 2.24) is 4.90 Å². The molecule has 1 saturated heterocycles. The van der Waals surface area contributed by atoms with Gasteiger partial charge in [0.1, 0.15) is 5.60 Å². The number of halogens is 1. The predicted octanol–water partition coefficient (Wildman–Crippen LogP) is 2.34. The number of amides is 1. The first-order valence-electron chi connectivity index (χ1n) is 7.64. The lowest BCUT2D eigenvalue weighted by Crippen LogP contribution is -2.34. The summed E-state index contributed by atoms with van der Waals surface area (Å²) in [5, 5.41) is 15.2. The minimum atomic E-state index is -0.622. The van der Waals surface area contributed by atoms with E-state index in [4.69, 9.17) is 20.8 Å². The van der Waals surface area contributed by atoms with Crippen molar-refractivity contribution >= 4 is 6.09 Å². The van der Waals surface area contributed by atoms with Crippen LogP contribution in [0.4, 0.5) is 9.18 Å². The maximum absolute atomic E-state index is 12.5. The second-order valence-electron chi connectivity index (χ2n) is 6.16. The second-order valence-corrected chi connectivity index (χ2v) is 6.16. The molecule has 0 atom stereocenters. The predicted molar refractivity (Wildman–Crippen MR) is 89.0 cm³/mol. The average Bonchev–Trinajstić information content (AvgIpc) is 3.06. The number of hydrogen-bond acceptors (Lipinski definition) is 6. The zero-order chi connectivity index (χ0) is 18.8. The molecule has 1 aromatic carbocycles. The van der Waals surface area contributed by atoms with Crippen LogP contribution < -0.4 is 11.6 Å². The molecular weight excluding hydrogens is 317 g/mol. The summed E-state index contributed by atoms with van der Waals surface area (Å²) in [6.45, 7) is 7.67. The fraction of sp³-hybridized carbons (Fsp3) is 0.562. The standard InChI is InChI=1S/C9H17NO2.C7H8FNO.H3NO/c1-9(2,3)12-8(11)10-6-4-5-7-10;8-6-3-5(4-9)1-2-7(6)10;1-2/h4-7H2,1-3H3;1-3,10H,4,9H2;2H,1H2. The van der Waals surface area contributed by atoms with Crippen molar-refractivity contribution in [2.75, 3.05) is 13.1 Å². The lowest BCUT2D eigenvalue weighted by Gasteiger charge is -2.23. The minimum absolute atomic E-state index is 0.167. The SMILES string of the molecule is CC(C)(C)OC(=O)N1CCCC1.NCc1ccc(O)c(F)c1.NO. The van der Waals surface area contributed by atoms with E-state index in [-0.39, 0.29) is 24.0 Å². The molecule has 2 rings (SSSR count). The van der Waals surface area contributed by atoms with Gasteiger partial charge < -0.3 is 25.7 Å². The Labute approximate surface area is 142 Å². The third-order valence-electron chi connectivity index (χ3n) is 3.01. The fourth-order valence-electron chi connectivity index (χ4n) is 1.90. The Morgan fingerprint density at radius 1 is 1.29 bits per heavy atom. The molecule has 0 radical (unpaired) electrons. The first kappa shape index (κ1) is 22.1. The van der Waals surface area contributed by atoms with Crippen molar-refractivity contribution in [2.24, 2.45) is 11.6 Å². The van der Waals surface area contributed by atoms with Crippen molar-refractivity contribution in [1.29, 1.82) is 0 Å². The number of nitrogens with zero attached hydrogens (tertiary/aromatic N) is 1. The van der Waals surface area contributed by atoms with E-state index in [1.165, 1.54) is 12.1 Å². The zero-order valence-corrected chi connectivity index (χ0v) is 14.5. The molecule has 1 aromatic rings. The van der Waals surface area contributed by atoms with Crippen molar-refractivity contribution in [3.8, 4) is 5.75 Å². The van der Waals surface area contributed by atoms with Crippen LogP contribution in [0, 0.1) is 5.82 Å². The van der Waals surface area contributed by atoms with Crippen molar-refractivity contribution in [2.45, 2.75) is 45.8 Å². The second kappa shape index (κ2) is 10.8. The van der Waals surface area contributed by atoms with Crippen LogP contribution in [0.1, 0.15) is 39.2 Å². The number of hydrogen-bond donors (Lipinski definition) is 4. The highest BCUT2D eigenvalue weighted by molar-refractivity contribution is 5.68. The highest BCUT2D eigenvalue weighted by Gasteiger charge is 2.23. The molecule has 1 amide bonds. The minimum Gasteiger partial charge on any atom is -0.505 e. The molecule has 0 aromatic heterocycles. The summed E-state index contributed by atoms with van der Waals surface area (Å²) in [5.74, 6) is 2.54. The van der Waals surface area contributed by atoms with Crippen LogP contribution in [0.25, 0.3) is 0 Å². The third-order valence-corrected chi connectivity index (χ3v) is 3.01. The van der Waals surface area contributed by atoms with Gasteiger partial charge in [0.15, 0.2) is 11.6 Å². The Balaban J connectivity index is 0.000000405. The van der Waals surface area contributed by atoms with E-state index >= 15 is 0 Å². The molecule has 1 aliphatic rings. The molecule has 0 aliphatic carbocycles. The third kappa shape index (κ3) is 8.66. The van der Waals surface area contributed by atoms with Gasteiger partial charge in [0, 0.05) is 19.6 Å². The van der Waals surface area contributed by atoms with Crippen LogP contribution in [0.15, 0.2) is 18.2 Å². The van der Waals surface area contributed by atoms with Crippen LogP contribution in [-0.2, 0) is 11.3 Å². The molecule has 1 aliphatic heterocycles. The van der Waals surface area contributed by atoms with E-state index in [0.29, 0.717) is 5.56 Å². The van der Waals surface area contributed by atoms with Crippen molar-refractivity contribution < 1.29 is 24.2 Å². The summed E-state index contributed by atoms with van der Waals surface area (Å²) in [5.41, 5.74) is 5.54. The lowest BCUT2D eigenvalue weighted by molar-refractivity contribution is 0.0295. The average molecular weight is 345 g/mol. The summed E-state index contributed by atoms with van der Waals surface area (Å²) < 4.78 is 17.7. The molecular formula is C16H28FN3O4. The van der Waals surface area contributed by atoms with Crippen molar-refractivity contribution in [3.05, 3.63) is 29.6 Å². The van der Waals surface area contributed by atoms with Gasteiger partial charge in [-0.25, -0.2) is 15.1 Å². The Bertz CT molecular complexity index is 501. The summed E-state index contributed by atoms with van der Waals surface area (Å²) in [6, 6.07) is 4.09. The van der Waals surface area contributed by atoms with Gasteiger partial charge in [0.05, 0.1) is 0 Å². The van der Waals surface area contributed by atoms with Gasteiger partial charge in [-0.15, -0.1) is 0 Å². The number of aromatic hydroxyl groups is 1. The molecule has 1 heterocycles. The van der Waals surface area contributed by atoms with Crippen LogP contribution in [0.5, 0.6) is 5.75 Å². The quantitative estimate of drug-likeness (QED) is 0.580. The highest BCUT2D eigenvalue weighted by atomic mass is 19.1. The van der Waals surface area contributed by atoms with Gasteiger partial charge >= 0.3 is 6.09 Å². The largest absolute Gasteiger partial charge is 0.505 e. The van der Waals surface area contributed by atoms with E-state index in [1.54, 1.807) is 11.0 Å². The maximum Gasteiger partial charge on any atom is 0.410 e. The molecule has 1 fully saturated rings. The summed E-state index contributed by atoms with van der Waals surface area (Å²) in [4.78, 5) is 13.1. The van der Waals surface area contributed by atoms with E-state index in [9.17, 15) is 9.18 Å². The molecule has 0 bridgehead atoms. The number of carbonyl (C=O) groups excluding carboxylic acids is 1. The van der Waals surface area contributed by atoms with Gasteiger partial charge in [-0.05, 0) is 51.3 Å². The lowest BCUT2D eigenvalue weighted by atomic mass is 10.2. The normalized spacial score (nSPS) is 13.4. The Morgan fingerprint density at radius 2 is 1.83 bits per heavy atom. The van der Waals surface area contributed by atoms with Crippen LogP contribution in [-0.4, -0.2) is 40.0 Å². The number of likely N-dealkylation sites (tertiary alicyclic amines) is 1. The zero-order valence-electron chi connectivity index (χ0n) is 14.5. The van der Waals surface area contributed by atoms with Gasteiger partial charge in [-0.3, -0.25) is 0 Å². The van der Waals surface area contributed by atoms with E-state index in [1.807, 2.05) is 20.8 Å². The first-order valence-corrected chi connectivity index (χ1v) is 7.64. The molecule has 0 spiro atoms. The first-order chi connectivity index (χ1) is 11.2. The van der Waals surface area contributed by atoms with Crippen LogP contribution in [0.3, 0.4) is 0 Å². The van der Waals surface area contributed by atoms with Gasteiger partial charge in [0.2, 0.25) is 0 Å². The summed E-state index contributed by atoms with van der Waals surface area (Å²) in [7, 11) is 0. The number of benzene rings is 1. The highest BCUT2D eigenvalue weighted by Crippen LogP contribution is 2.15. The van der Waals surface area contributed by atoms with Crippen LogP contribution in [0.2, 0.25) is 0 Å². The number of carbonyl (C=O) groups is 1. The molecule has 8 heteroatoms. The number of nitrogens with two attached hydrogens (primary N) is 2. The number of phenolic OH excluding ortho intramolecular Hbond substituents is 1. The van der Waals surface area contributed by atoms with Gasteiger partial charge in [-0.2, -0.15) is 0 Å². The van der Waals surface area contributed by atoms with E-state index < -0.39 is 5.82 Å². The van der Waals surface area contributed by atoms with E-state index in [2.05, 4.69) is 5.90 Å². The van der Waals surface area contributed by atoms with Gasteiger partial charge in [0.25, 0.3) is 0 Å². The Hall–Kier alpha value is -1.90. The Kier molecular flexibility index (Phi) is 9.94. The summed E-state index contributed by atoms with van der Waals surface area (Å²) >= 11 is 0. The van der Waals surface area contributed by atoms with Gasteiger partial charge in [-0.1, -0.05) is 6.07 Å². The molecule has 0 unspecified atom stereocenters. The Morgan fingerprint density at radius 3 is 2.25 bits per heavy atom. The topological polar surface area (TPSA) is 122 Å². The number of ether oxygens (including phenoxy) is 1. The number of phenols is 1.